The third-order valence-electron chi connectivity index (χ3n) is 1.89. The van der Waals surface area contributed by atoms with Crippen molar-refractivity contribution >= 4 is 11.1 Å². The van der Waals surface area contributed by atoms with Gasteiger partial charge in [-0.3, -0.25) is 9.11 Å². The van der Waals surface area contributed by atoms with E-state index in [0.717, 1.165) is 39.3 Å². The van der Waals surface area contributed by atoms with Crippen molar-refractivity contribution < 1.29 is 13.5 Å². The maximum Gasteiger partial charge on any atom is 0.0594 e. The van der Waals surface area contributed by atoms with Crippen LogP contribution in [0.5, 0.6) is 0 Å². The predicted molar refractivity (Wildman–Crippen MR) is 45.7 cm³/mol. The van der Waals surface area contributed by atoms with E-state index >= 15 is 0 Å². The minimum absolute atomic E-state index is 0.275. The summed E-state index contributed by atoms with van der Waals surface area (Å²) in [5.41, 5.74) is 0. The Labute approximate surface area is 75.2 Å². The first-order valence-corrected chi connectivity index (χ1v) is 5.39. The summed E-state index contributed by atoms with van der Waals surface area (Å²) < 4.78 is 25.6. The van der Waals surface area contributed by atoms with Gasteiger partial charge in [0.05, 0.1) is 13.2 Å². The highest BCUT2D eigenvalue weighted by Gasteiger charge is 2.08. The Kier molecular flexibility index (Phi) is 4.75. The lowest BCUT2D eigenvalue weighted by atomic mass is 10.4. The molecule has 1 heterocycles. The largest absolute Gasteiger partial charge is 0.772 e. The molecule has 5 heteroatoms. The van der Waals surface area contributed by atoms with Crippen molar-refractivity contribution in [3.05, 3.63) is 0 Å². The number of nitrogens with zero attached hydrogens (tertiary/aromatic N) is 1. The molecule has 0 aromatic carbocycles. The zero-order chi connectivity index (χ0) is 8.81. The predicted octanol–water partition coefficient (Wildman–Crippen LogP) is -0.412. The van der Waals surface area contributed by atoms with Crippen molar-refractivity contribution in [3.63, 3.8) is 0 Å². The van der Waals surface area contributed by atoms with E-state index in [2.05, 4.69) is 4.90 Å². The van der Waals surface area contributed by atoms with Crippen molar-refractivity contribution in [2.45, 2.75) is 6.42 Å². The Morgan fingerprint density at radius 1 is 1.42 bits per heavy atom. The molecule has 72 valence electrons. The fraction of sp³-hybridized carbons (Fsp3) is 1.00. The first-order chi connectivity index (χ1) is 5.79. The summed E-state index contributed by atoms with van der Waals surface area (Å²) in [7, 11) is 0. The summed E-state index contributed by atoms with van der Waals surface area (Å²) in [6.45, 7) is 4.30. The summed E-state index contributed by atoms with van der Waals surface area (Å²) >= 11 is -1.88. The van der Waals surface area contributed by atoms with Crippen molar-refractivity contribution in [1.82, 2.24) is 4.90 Å². The Morgan fingerprint density at radius 2 is 2.08 bits per heavy atom. The Bertz CT molecular complexity index is 148. The second-order valence-electron chi connectivity index (χ2n) is 2.82. The average Bonchev–Trinajstić information content (AvgIpc) is 2.05. The SMILES string of the molecule is O=S([O-])CCCN1CCOCC1. The summed E-state index contributed by atoms with van der Waals surface area (Å²) in [4.78, 5) is 2.23. The molecule has 4 nitrogen and oxygen atoms in total. The quantitative estimate of drug-likeness (QED) is 0.568. The van der Waals surface area contributed by atoms with Crippen LogP contribution in [-0.4, -0.2) is 52.3 Å². The molecule has 0 aliphatic carbocycles. The molecule has 0 aromatic heterocycles. The molecule has 1 aliphatic heterocycles. The van der Waals surface area contributed by atoms with Crippen LogP contribution in [0.4, 0.5) is 0 Å². The Balaban J connectivity index is 2.01. The van der Waals surface area contributed by atoms with Crippen LogP contribution >= 0.6 is 0 Å². The van der Waals surface area contributed by atoms with Crippen LogP contribution in [0.15, 0.2) is 0 Å². The fourth-order valence-electron chi connectivity index (χ4n) is 1.23. The van der Waals surface area contributed by atoms with Gasteiger partial charge in [0.25, 0.3) is 0 Å². The minimum Gasteiger partial charge on any atom is -0.772 e. The fourth-order valence-corrected chi connectivity index (χ4v) is 1.60. The van der Waals surface area contributed by atoms with Crippen LogP contribution in [0.2, 0.25) is 0 Å². The molecule has 1 unspecified atom stereocenters. The van der Waals surface area contributed by atoms with Crippen LogP contribution in [0.3, 0.4) is 0 Å². The van der Waals surface area contributed by atoms with Crippen LogP contribution in [-0.2, 0) is 15.8 Å². The number of rotatable bonds is 4. The normalized spacial score (nSPS) is 22.4. The van der Waals surface area contributed by atoms with Crippen LogP contribution in [0.1, 0.15) is 6.42 Å². The van der Waals surface area contributed by atoms with Gasteiger partial charge in [0.1, 0.15) is 0 Å². The first-order valence-electron chi connectivity index (χ1n) is 4.15. The molecule has 1 rings (SSSR count). The van der Waals surface area contributed by atoms with Crippen molar-refractivity contribution in [1.29, 1.82) is 0 Å². The van der Waals surface area contributed by atoms with Gasteiger partial charge in [0, 0.05) is 18.8 Å². The summed E-state index contributed by atoms with van der Waals surface area (Å²) in [6.07, 6.45) is 0.732. The Hall–Kier alpha value is 0.0300. The number of ether oxygens (including phenoxy) is 1. The number of hydrogen-bond acceptors (Lipinski definition) is 4. The van der Waals surface area contributed by atoms with Crippen LogP contribution < -0.4 is 0 Å². The van der Waals surface area contributed by atoms with Crippen molar-refractivity contribution in [3.8, 4) is 0 Å². The molecule has 12 heavy (non-hydrogen) atoms. The van der Waals surface area contributed by atoms with Gasteiger partial charge in [-0.05, 0) is 13.0 Å². The summed E-state index contributed by atoms with van der Waals surface area (Å²) in [5, 5.41) is 0. The van der Waals surface area contributed by atoms with Gasteiger partial charge in [-0.25, -0.2) is 0 Å². The highest BCUT2D eigenvalue weighted by molar-refractivity contribution is 7.79. The lowest BCUT2D eigenvalue weighted by molar-refractivity contribution is 0.0381. The molecule has 1 saturated heterocycles. The van der Waals surface area contributed by atoms with E-state index in [1.807, 2.05) is 0 Å². The summed E-state index contributed by atoms with van der Waals surface area (Å²) in [5.74, 6) is 0.275. The molecule has 0 saturated carbocycles. The first kappa shape index (κ1) is 10.1. The molecular formula is C7H14NO3S-. The maximum absolute atomic E-state index is 10.2. The number of morpholine rings is 1. The van der Waals surface area contributed by atoms with E-state index in [9.17, 15) is 8.76 Å². The van der Waals surface area contributed by atoms with Crippen LogP contribution in [0, 0.1) is 0 Å². The molecule has 1 fully saturated rings. The van der Waals surface area contributed by atoms with E-state index in [1.165, 1.54) is 0 Å². The molecule has 1 atom stereocenters. The average molecular weight is 192 g/mol. The molecule has 0 aromatic rings. The van der Waals surface area contributed by atoms with E-state index < -0.39 is 11.1 Å². The zero-order valence-corrected chi connectivity index (χ0v) is 7.85. The van der Waals surface area contributed by atoms with Gasteiger partial charge in [-0.2, -0.15) is 0 Å². The molecule has 0 bridgehead atoms. The van der Waals surface area contributed by atoms with E-state index in [1.54, 1.807) is 0 Å². The minimum atomic E-state index is -1.88. The van der Waals surface area contributed by atoms with Gasteiger partial charge < -0.3 is 9.29 Å². The van der Waals surface area contributed by atoms with Gasteiger partial charge in [0.2, 0.25) is 0 Å². The number of hydrogen-bond donors (Lipinski definition) is 0. The molecule has 0 spiro atoms. The standard InChI is InChI=1S/C7H15NO3S/c9-12(10)7-1-2-8-3-5-11-6-4-8/h1-7H2,(H,9,10)/p-1. The molecule has 0 N–H and O–H groups in total. The van der Waals surface area contributed by atoms with Gasteiger partial charge >= 0.3 is 0 Å². The van der Waals surface area contributed by atoms with Gasteiger partial charge in [-0.15, -0.1) is 0 Å². The van der Waals surface area contributed by atoms with Crippen molar-refractivity contribution in [2.75, 3.05) is 38.6 Å². The topological polar surface area (TPSA) is 52.6 Å². The van der Waals surface area contributed by atoms with E-state index in [-0.39, 0.29) is 5.75 Å². The smallest absolute Gasteiger partial charge is 0.0594 e. The van der Waals surface area contributed by atoms with Crippen molar-refractivity contribution in [2.24, 2.45) is 0 Å². The lowest BCUT2D eigenvalue weighted by Gasteiger charge is -2.26. The summed E-state index contributed by atoms with van der Waals surface area (Å²) in [6, 6.07) is 0. The third kappa shape index (κ3) is 4.15. The highest BCUT2D eigenvalue weighted by Crippen LogP contribution is 1.98. The van der Waals surface area contributed by atoms with Gasteiger partial charge in [0.15, 0.2) is 0 Å². The van der Waals surface area contributed by atoms with Gasteiger partial charge in [-0.1, -0.05) is 11.1 Å². The van der Waals surface area contributed by atoms with E-state index in [0.29, 0.717) is 0 Å². The second kappa shape index (κ2) is 5.64. The zero-order valence-electron chi connectivity index (χ0n) is 7.03. The molecule has 1 aliphatic rings. The molecule has 0 amide bonds. The molecular weight excluding hydrogens is 178 g/mol. The lowest BCUT2D eigenvalue weighted by Crippen LogP contribution is -2.37. The monoisotopic (exact) mass is 192 g/mol. The van der Waals surface area contributed by atoms with E-state index in [4.69, 9.17) is 4.74 Å². The van der Waals surface area contributed by atoms with Crippen LogP contribution in [0.25, 0.3) is 0 Å². The maximum atomic E-state index is 10.2. The highest BCUT2D eigenvalue weighted by atomic mass is 32.2. The third-order valence-corrected chi connectivity index (χ3v) is 2.51. The Morgan fingerprint density at radius 3 is 2.67 bits per heavy atom. The molecule has 0 radical (unpaired) electrons. The second-order valence-corrected chi connectivity index (χ2v) is 3.83.